The van der Waals surface area contributed by atoms with Gasteiger partial charge >= 0.3 is 0 Å². The second-order valence-electron chi connectivity index (χ2n) is 21.1. The molecule has 4 fully saturated rings. The van der Waals surface area contributed by atoms with E-state index in [9.17, 15) is 0 Å². The van der Waals surface area contributed by atoms with E-state index in [1.807, 2.05) is 0 Å². The monoisotopic (exact) mass is 703 g/mol. The molecule has 0 saturated carbocycles. The van der Waals surface area contributed by atoms with E-state index in [2.05, 4.69) is 137 Å². The lowest BCUT2D eigenvalue weighted by Gasteiger charge is -2.51. The van der Waals surface area contributed by atoms with Crippen molar-refractivity contribution in [2.45, 2.75) is 143 Å². The van der Waals surface area contributed by atoms with Crippen LogP contribution in [0, 0.1) is 11.8 Å². The van der Waals surface area contributed by atoms with Crippen molar-refractivity contribution in [2.24, 2.45) is 11.8 Å². The molecule has 4 aliphatic rings. The predicted octanol–water partition coefficient (Wildman–Crippen LogP) is 5.44. The van der Waals surface area contributed by atoms with Gasteiger partial charge < -0.3 is 9.80 Å². The van der Waals surface area contributed by atoms with Gasteiger partial charge in [0.1, 0.15) is 0 Å². The SMILES string of the molecule is CN(C)C[C@H]1CN(C(C)(C)CCN(C)C[C@@H]2CN(C(C)(C)C)CCN2CC2CCN(C(C)(C)C)CC2)CCN1CC1CCN(C(C)(C)C)CC1. The molecule has 0 spiro atoms. The average Bonchev–Trinajstić information content (AvgIpc) is 3.00. The van der Waals surface area contributed by atoms with Crippen LogP contribution in [0.3, 0.4) is 0 Å². The quantitative estimate of drug-likeness (QED) is 0.266. The highest BCUT2D eigenvalue weighted by Crippen LogP contribution is 2.30. The molecule has 0 aromatic heterocycles. The highest BCUT2D eigenvalue weighted by Gasteiger charge is 2.38. The first-order valence-corrected chi connectivity index (χ1v) is 20.9. The van der Waals surface area contributed by atoms with Crippen LogP contribution in [0.4, 0.5) is 0 Å². The van der Waals surface area contributed by atoms with Crippen LogP contribution in [0.1, 0.15) is 108 Å². The number of likely N-dealkylation sites (tertiary alicyclic amines) is 2. The minimum atomic E-state index is 0.202. The molecule has 8 nitrogen and oxygen atoms in total. The van der Waals surface area contributed by atoms with E-state index in [-0.39, 0.29) is 11.1 Å². The van der Waals surface area contributed by atoms with Crippen LogP contribution in [0.5, 0.6) is 0 Å². The van der Waals surface area contributed by atoms with Crippen molar-refractivity contribution >= 4 is 0 Å². The van der Waals surface area contributed by atoms with Gasteiger partial charge in [-0.25, -0.2) is 0 Å². The average molecular weight is 703 g/mol. The highest BCUT2D eigenvalue weighted by molar-refractivity contribution is 4.95. The zero-order chi connectivity index (χ0) is 37.1. The van der Waals surface area contributed by atoms with Crippen LogP contribution in [0.15, 0.2) is 0 Å². The summed E-state index contributed by atoms with van der Waals surface area (Å²) < 4.78 is 0. The van der Waals surface area contributed by atoms with Gasteiger partial charge in [-0.3, -0.25) is 29.4 Å². The van der Waals surface area contributed by atoms with Crippen molar-refractivity contribution in [3.8, 4) is 0 Å². The maximum atomic E-state index is 2.90. The number of piperazine rings is 2. The summed E-state index contributed by atoms with van der Waals surface area (Å²) in [6.45, 7) is 44.9. The van der Waals surface area contributed by atoms with Gasteiger partial charge in [-0.1, -0.05) is 0 Å². The summed E-state index contributed by atoms with van der Waals surface area (Å²) in [4.78, 5) is 21.9. The van der Waals surface area contributed by atoms with Gasteiger partial charge in [0.05, 0.1) is 0 Å². The lowest BCUT2D eigenvalue weighted by Crippen LogP contribution is -2.63. The lowest BCUT2D eigenvalue weighted by molar-refractivity contribution is -0.0177. The number of hydrogen-bond acceptors (Lipinski definition) is 8. The van der Waals surface area contributed by atoms with Gasteiger partial charge in [-0.05, 0) is 174 Å². The Kier molecular flexibility index (Phi) is 14.8. The number of hydrogen-bond donors (Lipinski definition) is 0. The summed E-state index contributed by atoms with van der Waals surface area (Å²) in [7, 11) is 6.94. The molecule has 0 amide bonds. The number of piperidine rings is 2. The Morgan fingerprint density at radius 3 is 1.30 bits per heavy atom. The molecule has 4 rings (SSSR count). The van der Waals surface area contributed by atoms with Crippen LogP contribution in [0.25, 0.3) is 0 Å². The Bertz CT molecular complexity index is 993. The standard InChI is InChI=1S/C42H86N8/c1-39(2,3)47-20-15-35(16-21-47)29-45-26-28-50(34-37(45)31-43(12)13)42(10,11)19-24-44(14)32-38-33-49(41(7,8)9)27-25-46(38)30-36-17-22-48(23-18-36)40(4,5)6/h35-38H,15-34H2,1-14H3/t37-,38+/m0/s1. The third-order valence-electron chi connectivity index (χ3n) is 13.3. The molecule has 50 heavy (non-hydrogen) atoms. The molecule has 8 heteroatoms. The second kappa shape index (κ2) is 17.4. The number of likely N-dealkylation sites (N-methyl/N-ethyl adjacent to an activating group) is 2. The lowest BCUT2D eigenvalue weighted by atomic mass is 9.91. The topological polar surface area (TPSA) is 25.9 Å². The molecule has 294 valence electrons. The largest absolute Gasteiger partial charge is 0.308 e. The molecule has 2 atom stereocenters. The maximum Gasteiger partial charge on any atom is 0.0351 e. The van der Waals surface area contributed by atoms with Crippen molar-refractivity contribution in [3.63, 3.8) is 0 Å². The summed E-state index contributed by atoms with van der Waals surface area (Å²) in [6, 6.07) is 1.23. The van der Waals surface area contributed by atoms with Crippen molar-refractivity contribution in [3.05, 3.63) is 0 Å². The Balaban J connectivity index is 1.30. The first-order chi connectivity index (χ1) is 23.1. The molecule has 0 N–H and O–H groups in total. The number of rotatable bonds is 12. The first kappa shape index (κ1) is 42.4. The molecule has 0 aromatic carbocycles. The van der Waals surface area contributed by atoms with Crippen molar-refractivity contribution in [2.75, 3.05) is 119 Å². The molecule has 0 aromatic rings. The van der Waals surface area contributed by atoms with E-state index in [1.165, 1.54) is 124 Å². The third kappa shape index (κ3) is 12.4. The van der Waals surface area contributed by atoms with Crippen LogP contribution >= 0.6 is 0 Å². The Labute approximate surface area is 312 Å². The van der Waals surface area contributed by atoms with Crippen LogP contribution in [-0.2, 0) is 0 Å². The molecular formula is C42H86N8. The zero-order valence-electron chi connectivity index (χ0n) is 36.0. The van der Waals surface area contributed by atoms with Crippen LogP contribution < -0.4 is 0 Å². The molecule has 0 aliphatic carbocycles. The summed E-state index contributed by atoms with van der Waals surface area (Å²) in [5.74, 6) is 1.68. The van der Waals surface area contributed by atoms with E-state index in [1.54, 1.807) is 0 Å². The van der Waals surface area contributed by atoms with Crippen molar-refractivity contribution in [1.82, 2.24) is 39.2 Å². The fourth-order valence-electron chi connectivity index (χ4n) is 9.50. The normalized spacial score (nSPS) is 26.9. The van der Waals surface area contributed by atoms with Gasteiger partial charge in [-0.2, -0.15) is 0 Å². The molecule has 4 aliphatic heterocycles. The van der Waals surface area contributed by atoms with Crippen molar-refractivity contribution in [1.29, 1.82) is 0 Å². The Hall–Kier alpha value is -0.320. The first-order valence-electron chi connectivity index (χ1n) is 20.9. The van der Waals surface area contributed by atoms with Gasteiger partial charge in [0.25, 0.3) is 0 Å². The number of nitrogens with zero attached hydrogens (tertiary/aromatic N) is 8. The van der Waals surface area contributed by atoms with Crippen LogP contribution in [0.2, 0.25) is 0 Å². The fourth-order valence-corrected chi connectivity index (χ4v) is 9.50. The smallest absolute Gasteiger partial charge is 0.0351 e. The summed E-state index contributed by atoms with van der Waals surface area (Å²) in [6.07, 6.45) is 6.64. The summed E-state index contributed by atoms with van der Waals surface area (Å²) in [5.41, 5.74) is 1.04. The summed E-state index contributed by atoms with van der Waals surface area (Å²) >= 11 is 0. The van der Waals surface area contributed by atoms with E-state index in [0.29, 0.717) is 23.2 Å². The summed E-state index contributed by atoms with van der Waals surface area (Å²) in [5, 5.41) is 0. The molecule has 0 radical (unpaired) electrons. The Morgan fingerprint density at radius 2 is 0.880 bits per heavy atom. The van der Waals surface area contributed by atoms with Gasteiger partial charge in [0, 0.05) is 99.7 Å². The van der Waals surface area contributed by atoms with E-state index >= 15 is 0 Å². The molecule has 4 saturated heterocycles. The third-order valence-corrected chi connectivity index (χ3v) is 13.3. The van der Waals surface area contributed by atoms with Crippen molar-refractivity contribution < 1.29 is 0 Å². The molecular weight excluding hydrogens is 617 g/mol. The minimum Gasteiger partial charge on any atom is -0.308 e. The molecule has 0 bridgehead atoms. The zero-order valence-corrected chi connectivity index (χ0v) is 36.0. The minimum absolute atomic E-state index is 0.202. The maximum absolute atomic E-state index is 2.90. The molecule has 4 heterocycles. The van der Waals surface area contributed by atoms with Gasteiger partial charge in [0.2, 0.25) is 0 Å². The predicted molar refractivity (Wildman–Crippen MR) is 216 cm³/mol. The van der Waals surface area contributed by atoms with Gasteiger partial charge in [0.15, 0.2) is 0 Å². The van der Waals surface area contributed by atoms with E-state index < -0.39 is 0 Å². The fraction of sp³-hybridized carbons (Fsp3) is 1.00. The Morgan fingerprint density at radius 1 is 0.480 bits per heavy atom. The van der Waals surface area contributed by atoms with E-state index in [4.69, 9.17) is 0 Å². The second-order valence-corrected chi connectivity index (χ2v) is 21.1. The molecule has 0 unspecified atom stereocenters. The van der Waals surface area contributed by atoms with E-state index in [0.717, 1.165) is 18.4 Å². The van der Waals surface area contributed by atoms with Gasteiger partial charge in [-0.15, -0.1) is 0 Å². The van der Waals surface area contributed by atoms with Crippen LogP contribution in [-0.4, -0.2) is 193 Å². The highest BCUT2D eigenvalue weighted by atomic mass is 15.3.